The van der Waals surface area contributed by atoms with Crippen molar-refractivity contribution in [1.82, 2.24) is 4.72 Å². The molecule has 0 amide bonds. The maximum atomic E-state index is 12.3. The molecule has 1 aromatic carbocycles. The number of nitrogens with one attached hydrogen (secondary N) is 1. The Labute approximate surface area is 114 Å². The van der Waals surface area contributed by atoms with Gasteiger partial charge in [0, 0.05) is 6.04 Å². The van der Waals surface area contributed by atoms with E-state index in [1.807, 2.05) is 13.8 Å². The fourth-order valence-corrected chi connectivity index (χ4v) is 3.08. The van der Waals surface area contributed by atoms with Gasteiger partial charge in [-0.05, 0) is 38.0 Å². The SMILES string of the molecule is CCOc1cc(C)ccc1S(=O)(=O)N[C@H](CC)CO. The lowest BCUT2D eigenvalue weighted by Gasteiger charge is -2.16. The summed E-state index contributed by atoms with van der Waals surface area (Å²) >= 11 is 0. The molecule has 1 aromatic rings. The number of rotatable bonds is 7. The molecule has 0 saturated heterocycles. The molecule has 6 heteroatoms. The molecule has 0 saturated carbocycles. The fourth-order valence-electron chi connectivity index (χ4n) is 1.64. The van der Waals surface area contributed by atoms with Gasteiger partial charge in [0.1, 0.15) is 10.6 Å². The average Bonchev–Trinajstić information content (AvgIpc) is 2.36. The van der Waals surface area contributed by atoms with Gasteiger partial charge in [0.15, 0.2) is 0 Å². The van der Waals surface area contributed by atoms with Crippen molar-refractivity contribution in [2.24, 2.45) is 0 Å². The van der Waals surface area contributed by atoms with E-state index in [0.717, 1.165) is 5.56 Å². The Bertz CT molecular complexity index is 509. The predicted molar refractivity (Wildman–Crippen MR) is 73.8 cm³/mol. The average molecular weight is 287 g/mol. The van der Waals surface area contributed by atoms with E-state index >= 15 is 0 Å². The molecule has 0 aliphatic rings. The van der Waals surface area contributed by atoms with Crippen LogP contribution in [0.25, 0.3) is 0 Å². The Morgan fingerprint density at radius 1 is 1.37 bits per heavy atom. The first-order valence-electron chi connectivity index (χ1n) is 6.31. The van der Waals surface area contributed by atoms with E-state index in [1.165, 1.54) is 6.07 Å². The maximum Gasteiger partial charge on any atom is 0.244 e. The molecule has 0 spiro atoms. The van der Waals surface area contributed by atoms with Crippen LogP contribution in [0.3, 0.4) is 0 Å². The molecule has 0 aliphatic heterocycles. The molecule has 108 valence electrons. The molecule has 0 aliphatic carbocycles. The number of benzene rings is 1. The van der Waals surface area contributed by atoms with E-state index in [1.54, 1.807) is 19.1 Å². The lowest BCUT2D eigenvalue weighted by molar-refractivity contribution is 0.253. The number of ether oxygens (including phenoxy) is 1. The Hall–Kier alpha value is -1.11. The Morgan fingerprint density at radius 2 is 2.05 bits per heavy atom. The number of aliphatic hydroxyl groups is 1. The second-order valence-corrected chi connectivity index (χ2v) is 5.97. The lowest BCUT2D eigenvalue weighted by atomic mass is 10.2. The lowest BCUT2D eigenvalue weighted by Crippen LogP contribution is -2.37. The van der Waals surface area contributed by atoms with Crippen LogP contribution in [0, 0.1) is 6.92 Å². The molecular formula is C13H21NO4S. The van der Waals surface area contributed by atoms with Crippen molar-refractivity contribution in [2.75, 3.05) is 13.2 Å². The summed E-state index contributed by atoms with van der Waals surface area (Å²) in [6.45, 7) is 5.64. The summed E-state index contributed by atoms with van der Waals surface area (Å²) in [5.74, 6) is 0.336. The molecule has 0 unspecified atom stereocenters. The van der Waals surface area contributed by atoms with Crippen molar-refractivity contribution >= 4 is 10.0 Å². The quantitative estimate of drug-likeness (QED) is 0.795. The van der Waals surface area contributed by atoms with E-state index in [9.17, 15) is 8.42 Å². The molecule has 0 fully saturated rings. The number of aliphatic hydroxyl groups excluding tert-OH is 1. The third-order valence-corrected chi connectivity index (χ3v) is 4.28. The molecule has 0 heterocycles. The van der Waals surface area contributed by atoms with Gasteiger partial charge in [0.25, 0.3) is 0 Å². The topological polar surface area (TPSA) is 75.6 Å². The molecule has 0 bridgehead atoms. The van der Waals surface area contributed by atoms with Crippen molar-refractivity contribution < 1.29 is 18.3 Å². The first-order chi connectivity index (χ1) is 8.94. The second kappa shape index (κ2) is 6.88. The molecular weight excluding hydrogens is 266 g/mol. The Balaban J connectivity index is 3.13. The number of sulfonamides is 1. The molecule has 19 heavy (non-hydrogen) atoms. The van der Waals surface area contributed by atoms with Crippen LogP contribution >= 0.6 is 0 Å². The van der Waals surface area contributed by atoms with Crippen molar-refractivity contribution in [3.63, 3.8) is 0 Å². The fraction of sp³-hybridized carbons (Fsp3) is 0.538. The Kier molecular flexibility index (Phi) is 5.78. The van der Waals surface area contributed by atoms with Gasteiger partial charge in [-0.15, -0.1) is 0 Å². The van der Waals surface area contributed by atoms with Gasteiger partial charge in [-0.3, -0.25) is 0 Å². The molecule has 2 N–H and O–H groups in total. The standard InChI is InChI=1S/C13H21NO4S/c1-4-11(9-15)14-19(16,17)13-7-6-10(3)8-12(13)18-5-2/h6-8,11,14-15H,4-5,9H2,1-3H3/t11-/m1/s1. The second-order valence-electron chi connectivity index (χ2n) is 4.29. The molecule has 0 radical (unpaired) electrons. The van der Waals surface area contributed by atoms with E-state index < -0.39 is 16.1 Å². The summed E-state index contributed by atoms with van der Waals surface area (Å²) < 4.78 is 32.4. The van der Waals surface area contributed by atoms with E-state index in [4.69, 9.17) is 9.84 Å². The summed E-state index contributed by atoms with van der Waals surface area (Å²) in [7, 11) is -3.69. The van der Waals surface area contributed by atoms with E-state index in [0.29, 0.717) is 18.8 Å². The highest BCUT2D eigenvalue weighted by atomic mass is 32.2. The number of hydrogen-bond acceptors (Lipinski definition) is 4. The minimum Gasteiger partial charge on any atom is -0.492 e. The Morgan fingerprint density at radius 3 is 2.58 bits per heavy atom. The summed E-state index contributed by atoms with van der Waals surface area (Å²) in [6, 6.07) is 4.45. The van der Waals surface area contributed by atoms with Crippen LogP contribution in [0.2, 0.25) is 0 Å². The van der Waals surface area contributed by atoms with Crippen LogP contribution in [-0.2, 0) is 10.0 Å². The van der Waals surface area contributed by atoms with Crippen molar-refractivity contribution in [3.8, 4) is 5.75 Å². The minimum absolute atomic E-state index is 0.104. The van der Waals surface area contributed by atoms with Gasteiger partial charge < -0.3 is 9.84 Å². The summed E-state index contributed by atoms with van der Waals surface area (Å²) in [6.07, 6.45) is 0.519. The van der Waals surface area contributed by atoms with E-state index in [2.05, 4.69) is 4.72 Å². The smallest absolute Gasteiger partial charge is 0.244 e. The molecule has 0 aromatic heterocycles. The van der Waals surface area contributed by atoms with Gasteiger partial charge in [0.2, 0.25) is 10.0 Å². The van der Waals surface area contributed by atoms with Crippen LogP contribution in [0.1, 0.15) is 25.8 Å². The largest absolute Gasteiger partial charge is 0.492 e. The zero-order valence-corrected chi connectivity index (χ0v) is 12.3. The predicted octanol–water partition coefficient (Wildman–Crippen LogP) is 1.44. The highest BCUT2D eigenvalue weighted by Crippen LogP contribution is 2.25. The van der Waals surface area contributed by atoms with Crippen LogP contribution in [0.5, 0.6) is 5.75 Å². The third-order valence-electron chi connectivity index (χ3n) is 2.72. The number of hydrogen-bond donors (Lipinski definition) is 2. The summed E-state index contributed by atoms with van der Waals surface area (Å²) in [5.41, 5.74) is 0.927. The normalized spacial score (nSPS) is 13.3. The van der Waals surface area contributed by atoms with Gasteiger partial charge >= 0.3 is 0 Å². The maximum absolute atomic E-state index is 12.3. The molecule has 1 atom stereocenters. The van der Waals surface area contributed by atoms with Gasteiger partial charge in [-0.1, -0.05) is 13.0 Å². The van der Waals surface area contributed by atoms with Crippen molar-refractivity contribution in [1.29, 1.82) is 0 Å². The van der Waals surface area contributed by atoms with Crippen molar-refractivity contribution in [3.05, 3.63) is 23.8 Å². The van der Waals surface area contributed by atoms with Gasteiger partial charge in [-0.25, -0.2) is 13.1 Å². The van der Waals surface area contributed by atoms with Crippen molar-refractivity contribution in [2.45, 2.75) is 38.1 Å². The van der Waals surface area contributed by atoms with Crippen LogP contribution in [0.4, 0.5) is 0 Å². The zero-order valence-electron chi connectivity index (χ0n) is 11.5. The van der Waals surface area contributed by atoms with E-state index in [-0.39, 0.29) is 11.5 Å². The zero-order chi connectivity index (χ0) is 14.5. The van der Waals surface area contributed by atoms with Gasteiger partial charge in [-0.2, -0.15) is 0 Å². The highest BCUT2D eigenvalue weighted by molar-refractivity contribution is 7.89. The molecule has 1 rings (SSSR count). The van der Waals surface area contributed by atoms with Crippen LogP contribution in [0.15, 0.2) is 23.1 Å². The van der Waals surface area contributed by atoms with Crippen LogP contribution in [-0.4, -0.2) is 32.8 Å². The third kappa shape index (κ3) is 4.19. The summed E-state index contributed by atoms with van der Waals surface area (Å²) in [5, 5.41) is 9.09. The van der Waals surface area contributed by atoms with Gasteiger partial charge in [0.05, 0.1) is 13.2 Å². The van der Waals surface area contributed by atoms with Crippen LogP contribution < -0.4 is 9.46 Å². The number of aryl methyl sites for hydroxylation is 1. The summed E-state index contributed by atoms with van der Waals surface area (Å²) in [4.78, 5) is 0.104. The minimum atomic E-state index is -3.69. The molecule has 5 nitrogen and oxygen atoms in total. The highest BCUT2D eigenvalue weighted by Gasteiger charge is 2.22. The first kappa shape index (κ1) is 15.9. The first-order valence-corrected chi connectivity index (χ1v) is 7.79. The monoisotopic (exact) mass is 287 g/mol.